The van der Waals surface area contributed by atoms with E-state index < -0.39 is 0 Å². The van der Waals surface area contributed by atoms with Crippen LogP contribution in [0.1, 0.15) is 52.0 Å². The third-order valence-corrected chi connectivity index (χ3v) is 6.04. The van der Waals surface area contributed by atoms with Crippen LogP contribution in [0.5, 0.6) is 5.75 Å². The number of carbonyl (C=O) groups excluding carboxylic acids is 1. The number of carbonyl (C=O) groups is 1. The quantitative estimate of drug-likeness (QED) is 0.684. The van der Waals surface area contributed by atoms with E-state index in [0.29, 0.717) is 35.4 Å². The fourth-order valence-corrected chi connectivity index (χ4v) is 4.41. The van der Waals surface area contributed by atoms with Crippen molar-refractivity contribution < 1.29 is 18.8 Å². The van der Waals surface area contributed by atoms with Crippen LogP contribution >= 0.6 is 11.6 Å². The molecule has 0 spiro atoms. The summed E-state index contributed by atoms with van der Waals surface area (Å²) in [6.45, 7) is 0.727. The first kappa shape index (κ1) is 19.1. The monoisotopic (exact) mass is 428 g/mol. The SMILES string of the molecule is COc1cccc(-n2ncc3c2COC[C@H]3NC(=O)c2noc3c2CCCC3)c1Cl. The number of hydrogen-bond acceptors (Lipinski definition) is 6. The molecule has 2 aromatic heterocycles. The van der Waals surface area contributed by atoms with E-state index in [9.17, 15) is 4.79 Å². The Balaban J connectivity index is 1.43. The van der Waals surface area contributed by atoms with Crippen LogP contribution in [-0.2, 0) is 24.2 Å². The summed E-state index contributed by atoms with van der Waals surface area (Å²) in [6, 6.07) is 5.17. The van der Waals surface area contributed by atoms with Crippen molar-refractivity contribution in [1.29, 1.82) is 0 Å². The summed E-state index contributed by atoms with van der Waals surface area (Å²) in [5, 5.41) is 12.0. The topological polar surface area (TPSA) is 91.4 Å². The summed E-state index contributed by atoms with van der Waals surface area (Å²) in [7, 11) is 1.57. The smallest absolute Gasteiger partial charge is 0.274 e. The van der Waals surface area contributed by atoms with Gasteiger partial charge in [-0.2, -0.15) is 5.10 Å². The molecule has 0 fully saturated rings. The normalized spacial score (nSPS) is 17.9. The maximum Gasteiger partial charge on any atom is 0.274 e. The number of rotatable bonds is 4. The molecule has 9 heteroatoms. The van der Waals surface area contributed by atoms with Crippen molar-refractivity contribution in [3.05, 3.63) is 57.7 Å². The molecule has 2 aliphatic rings. The molecule has 30 heavy (non-hydrogen) atoms. The van der Waals surface area contributed by atoms with Crippen molar-refractivity contribution >= 4 is 17.5 Å². The largest absolute Gasteiger partial charge is 0.495 e. The molecular weight excluding hydrogens is 408 g/mol. The summed E-state index contributed by atoms with van der Waals surface area (Å²) in [6.07, 6.45) is 5.51. The fourth-order valence-electron chi connectivity index (χ4n) is 4.12. The van der Waals surface area contributed by atoms with Crippen molar-refractivity contribution in [2.24, 2.45) is 0 Å². The van der Waals surface area contributed by atoms with Crippen LogP contribution < -0.4 is 10.1 Å². The third kappa shape index (κ3) is 3.16. The Bertz CT molecular complexity index is 1110. The van der Waals surface area contributed by atoms with Gasteiger partial charge in [0.15, 0.2) is 5.69 Å². The minimum atomic E-state index is -0.338. The van der Waals surface area contributed by atoms with Gasteiger partial charge in [-0.25, -0.2) is 4.68 Å². The highest BCUT2D eigenvalue weighted by atomic mass is 35.5. The van der Waals surface area contributed by atoms with Gasteiger partial charge in [0.2, 0.25) is 0 Å². The maximum atomic E-state index is 12.9. The molecular formula is C21H21ClN4O4. The lowest BCUT2D eigenvalue weighted by Crippen LogP contribution is -2.35. The van der Waals surface area contributed by atoms with Crippen LogP contribution in [0, 0.1) is 0 Å². The Kier molecular flexibility index (Phi) is 4.96. The number of benzene rings is 1. The number of methoxy groups -OCH3 is 1. The molecule has 156 valence electrons. The lowest BCUT2D eigenvalue weighted by molar-refractivity contribution is 0.0682. The van der Waals surface area contributed by atoms with Crippen LogP contribution in [-0.4, -0.2) is 34.6 Å². The van der Waals surface area contributed by atoms with E-state index in [2.05, 4.69) is 15.6 Å². The molecule has 0 saturated carbocycles. The number of hydrogen-bond donors (Lipinski definition) is 1. The molecule has 3 aromatic rings. The van der Waals surface area contributed by atoms with Crippen LogP contribution in [0.3, 0.4) is 0 Å². The van der Waals surface area contributed by atoms with Crippen molar-refractivity contribution in [1.82, 2.24) is 20.3 Å². The Morgan fingerprint density at radius 1 is 1.33 bits per heavy atom. The average Bonchev–Trinajstić information content (AvgIpc) is 3.39. The van der Waals surface area contributed by atoms with Crippen molar-refractivity contribution in [3.63, 3.8) is 0 Å². The molecule has 1 aliphatic carbocycles. The van der Waals surface area contributed by atoms with Crippen LogP contribution in [0.25, 0.3) is 5.69 Å². The van der Waals surface area contributed by atoms with E-state index in [1.165, 1.54) is 0 Å². The van der Waals surface area contributed by atoms with Gasteiger partial charge in [0, 0.05) is 17.5 Å². The minimum absolute atomic E-state index is 0.254. The first-order valence-corrected chi connectivity index (χ1v) is 10.3. The third-order valence-electron chi connectivity index (χ3n) is 5.66. The molecule has 1 N–H and O–H groups in total. The lowest BCUT2D eigenvalue weighted by Gasteiger charge is -2.24. The van der Waals surface area contributed by atoms with Gasteiger partial charge in [0.05, 0.1) is 43.9 Å². The molecule has 0 unspecified atom stereocenters. The summed E-state index contributed by atoms with van der Waals surface area (Å²) in [5.41, 5.74) is 3.72. The van der Waals surface area contributed by atoms with Gasteiger partial charge in [-0.3, -0.25) is 4.79 Å². The molecule has 1 atom stereocenters. The number of amides is 1. The molecule has 5 rings (SSSR count). The zero-order valence-electron chi connectivity index (χ0n) is 16.5. The molecule has 8 nitrogen and oxygen atoms in total. The Morgan fingerprint density at radius 3 is 3.07 bits per heavy atom. The lowest BCUT2D eigenvalue weighted by atomic mass is 9.96. The number of fused-ring (bicyclic) bond motifs is 2. The first-order valence-electron chi connectivity index (χ1n) is 9.93. The highest BCUT2D eigenvalue weighted by molar-refractivity contribution is 6.33. The number of aryl methyl sites for hydroxylation is 1. The predicted octanol–water partition coefficient (Wildman–Crippen LogP) is 3.40. The summed E-state index contributed by atoms with van der Waals surface area (Å²) < 4.78 is 18.2. The highest BCUT2D eigenvalue weighted by Gasteiger charge is 2.30. The van der Waals surface area contributed by atoms with E-state index in [-0.39, 0.29) is 11.9 Å². The first-order chi connectivity index (χ1) is 14.7. The number of nitrogens with zero attached hydrogens (tertiary/aromatic N) is 3. The van der Waals surface area contributed by atoms with E-state index >= 15 is 0 Å². The minimum Gasteiger partial charge on any atom is -0.495 e. The standard InChI is InChI=1S/C21H21ClN4O4/c1-28-18-8-4-6-15(19(18)22)26-16-11-29-10-14(13(16)9-23-26)24-21(27)20-12-5-2-3-7-17(12)30-25-20/h4,6,8-9,14H,2-3,5,7,10-11H2,1H3,(H,24,27)/t14-/m1/s1. The Hall–Kier alpha value is -2.84. The average molecular weight is 429 g/mol. The van der Waals surface area contributed by atoms with E-state index in [1.807, 2.05) is 12.1 Å². The molecule has 3 heterocycles. The second-order valence-corrected chi connectivity index (χ2v) is 7.81. The van der Waals surface area contributed by atoms with E-state index in [4.69, 9.17) is 25.6 Å². The van der Waals surface area contributed by atoms with Crippen LogP contribution in [0.2, 0.25) is 5.02 Å². The fraction of sp³-hybridized carbons (Fsp3) is 0.381. The Morgan fingerprint density at radius 2 is 2.20 bits per heavy atom. The summed E-state index contributed by atoms with van der Waals surface area (Å²) >= 11 is 6.48. The zero-order chi connectivity index (χ0) is 20.7. The molecule has 1 amide bonds. The summed E-state index contributed by atoms with van der Waals surface area (Å²) in [4.78, 5) is 12.9. The van der Waals surface area contributed by atoms with Gasteiger partial charge in [0.1, 0.15) is 16.5 Å². The van der Waals surface area contributed by atoms with Crippen molar-refractivity contribution in [2.45, 2.75) is 38.3 Å². The number of aromatic nitrogens is 3. The van der Waals surface area contributed by atoms with Gasteiger partial charge >= 0.3 is 0 Å². The van der Waals surface area contributed by atoms with Gasteiger partial charge in [0.25, 0.3) is 5.91 Å². The van der Waals surface area contributed by atoms with Crippen molar-refractivity contribution in [2.75, 3.05) is 13.7 Å². The molecule has 0 bridgehead atoms. The van der Waals surface area contributed by atoms with Gasteiger partial charge in [-0.15, -0.1) is 0 Å². The van der Waals surface area contributed by atoms with Gasteiger partial charge < -0.3 is 19.3 Å². The second kappa shape index (κ2) is 7.77. The second-order valence-electron chi connectivity index (χ2n) is 7.43. The Labute approximate surface area is 178 Å². The van der Waals surface area contributed by atoms with Gasteiger partial charge in [-0.1, -0.05) is 22.8 Å². The van der Waals surface area contributed by atoms with Crippen molar-refractivity contribution in [3.8, 4) is 11.4 Å². The molecule has 0 radical (unpaired) electrons. The number of halogens is 1. The van der Waals surface area contributed by atoms with E-state index in [0.717, 1.165) is 48.3 Å². The highest BCUT2D eigenvalue weighted by Crippen LogP contribution is 2.34. The van der Waals surface area contributed by atoms with Crippen LogP contribution in [0.4, 0.5) is 0 Å². The predicted molar refractivity (Wildman–Crippen MR) is 108 cm³/mol. The van der Waals surface area contributed by atoms with E-state index in [1.54, 1.807) is 24.1 Å². The molecule has 1 aromatic carbocycles. The number of nitrogens with one attached hydrogen (secondary N) is 1. The van der Waals surface area contributed by atoms with Gasteiger partial charge in [-0.05, 0) is 31.4 Å². The molecule has 1 aliphatic heterocycles. The maximum absolute atomic E-state index is 12.9. The number of ether oxygens (including phenoxy) is 2. The zero-order valence-corrected chi connectivity index (χ0v) is 17.2. The van der Waals surface area contributed by atoms with Crippen LogP contribution in [0.15, 0.2) is 28.9 Å². The molecule has 0 saturated heterocycles. The summed E-state index contributed by atoms with van der Waals surface area (Å²) in [5.74, 6) is 1.14.